The quantitative estimate of drug-likeness (QED) is 0.405. The number of piperidine rings is 1. The number of nitro benzene ring substituents is 1. The number of amides is 1. The van der Waals surface area contributed by atoms with Gasteiger partial charge in [0.05, 0.1) is 4.92 Å². The van der Waals surface area contributed by atoms with Crippen molar-refractivity contribution in [3.8, 4) is 5.75 Å². The normalized spacial score (nSPS) is 15.6. The van der Waals surface area contributed by atoms with Gasteiger partial charge >= 0.3 is 5.69 Å². The molecule has 1 heterocycles. The summed E-state index contributed by atoms with van der Waals surface area (Å²) in [6, 6.07) is 14.3. The molecule has 0 unspecified atom stereocenters. The number of likely N-dealkylation sites (tertiary alicyclic amines) is 1. The number of benzene rings is 2. The summed E-state index contributed by atoms with van der Waals surface area (Å²) < 4.78 is 5.59. The molecule has 152 valence electrons. The molecule has 0 aliphatic carbocycles. The van der Waals surface area contributed by atoms with Crippen molar-refractivity contribution >= 4 is 17.9 Å². The van der Waals surface area contributed by atoms with Gasteiger partial charge < -0.3 is 9.64 Å². The highest BCUT2D eigenvalue weighted by atomic mass is 16.6. The van der Waals surface area contributed by atoms with E-state index in [0.29, 0.717) is 25.3 Å². The van der Waals surface area contributed by atoms with E-state index in [9.17, 15) is 19.7 Å². The van der Waals surface area contributed by atoms with Crippen molar-refractivity contribution in [2.45, 2.75) is 32.3 Å². The van der Waals surface area contributed by atoms with Crippen molar-refractivity contribution in [2.75, 3.05) is 13.1 Å². The van der Waals surface area contributed by atoms with Crippen LogP contribution in [0.5, 0.6) is 5.75 Å². The number of hydrogen-bond donors (Lipinski definition) is 0. The second kappa shape index (κ2) is 9.32. The molecule has 0 aromatic heterocycles. The summed E-state index contributed by atoms with van der Waals surface area (Å²) >= 11 is 0. The molecule has 3 rings (SSSR count). The van der Waals surface area contributed by atoms with Gasteiger partial charge in [0.15, 0.2) is 11.9 Å². The fourth-order valence-corrected chi connectivity index (χ4v) is 3.65. The van der Waals surface area contributed by atoms with Crippen LogP contribution in [-0.2, 0) is 11.2 Å². The predicted octanol–water partition coefficient (Wildman–Crippen LogP) is 3.66. The molecule has 1 atom stereocenters. The first-order valence-corrected chi connectivity index (χ1v) is 9.71. The molecule has 1 saturated heterocycles. The third-order valence-electron chi connectivity index (χ3n) is 5.26. The van der Waals surface area contributed by atoms with Crippen LogP contribution in [0.25, 0.3) is 0 Å². The molecule has 2 aromatic rings. The topological polar surface area (TPSA) is 89.7 Å². The summed E-state index contributed by atoms with van der Waals surface area (Å²) in [6.07, 6.45) is 2.53. The first-order chi connectivity index (χ1) is 14.0. The maximum absolute atomic E-state index is 12.7. The Hall–Kier alpha value is -3.22. The highest BCUT2D eigenvalue weighted by Crippen LogP contribution is 2.29. The van der Waals surface area contributed by atoms with E-state index in [2.05, 4.69) is 12.1 Å². The van der Waals surface area contributed by atoms with Gasteiger partial charge in [0.1, 0.15) is 6.29 Å². The minimum atomic E-state index is -0.846. The number of rotatable bonds is 7. The number of aldehydes is 1. The Morgan fingerprint density at radius 2 is 1.93 bits per heavy atom. The first kappa shape index (κ1) is 20.5. The Morgan fingerprint density at radius 3 is 2.55 bits per heavy atom. The standard InChI is InChI=1S/C22H24N2O5/c1-16(29-21-8-7-19(15-25)14-20(21)24(27)28)22(26)23-11-9-18(10-12-23)13-17-5-3-2-4-6-17/h2-8,14-16,18H,9-13H2,1H3/t16-/m0/s1. The lowest BCUT2D eigenvalue weighted by Gasteiger charge is -2.33. The Labute approximate surface area is 169 Å². The average Bonchev–Trinajstić information content (AvgIpc) is 2.74. The SMILES string of the molecule is C[C@H](Oc1ccc(C=O)cc1[N+](=O)[O-])C(=O)N1CCC(Cc2ccccc2)CC1. The highest BCUT2D eigenvalue weighted by Gasteiger charge is 2.28. The van der Waals surface area contributed by atoms with Gasteiger partial charge in [-0.25, -0.2) is 0 Å². The van der Waals surface area contributed by atoms with Crippen molar-refractivity contribution < 1.29 is 19.2 Å². The number of nitrogens with zero attached hydrogens (tertiary/aromatic N) is 2. The van der Waals surface area contributed by atoms with E-state index in [-0.39, 0.29) is 22.9 Å². The second-order valence-electron chi connectivity index (χ2n) is 7.32. The summed E-state index contributed by atoms with van der Waals surface area (Å²) in [7, 11) is 0. The van der Waals surface area contributed by atoms with Gasteiger partial charge in [-0.15, -0.1) is 0 Å². The summed E-state index contributed by atoms with van der Waals surface area (Å²) in [5.74, 6) is 0.340. The van der Waals surface area contributed by atoms with Crippen molar-refractivity contribution in [2.24, 2.45) is 5.92 Å². The van der Waals surface area contributed by atoms with Crippen LogP contribution in [0.15, 0.2) is 48.5 Å². The van der Waals surface area contributed by atoms with Crippen molar-refractivity contribution in [3.63, 3.8) is 0 Å². The third-order valence-corrected chi connectivity index (χ3v) is 5.26. The van der Waals surface area contributed by atoms with Gasteiger partial charge in [-0.2, -0.15) is 0 Å². The van der Waals surface area contributed by atoms with E-state index in [1.165, 1.54) is 17.7 Å². The fraction of sp³-hybridized carbons (Fsp3) is 0.364. The number of hydrogen-bond acceptors (Lipinski definition) is 5. The molecule has 0 spiro atoms. The predicted molar refractivity (Wildman–Crippen MR) is 108 cm³/mol. The minimum Gasteiger partial charge on any atom is -0.474 e. The zero-order chi connectivity index (χ0) is 20.8. The molecule has 7 nitrogen and oxygen atoms in total. The van der Waals surface area contributed by atoms with Gasteiger partial charge in [0.2, 0.25) is 0 Å². The summed E-state index contributed by atoms with van der Waals surface area (Å²) in [6.45, 7) is 2.89. The third kappa shape index (κ3) is 5.19. The van der Waals surface area contributed by atoms with Gasteiger partial charge in [-0.1, -0.05) is 30.3 Å². The number of nitro groups is 1. The molecule has 1 amide bonds. The fourth-order valence-electron chi connectivity index (χ4n) is 3.65. The number of carbonyl (C=O) groups excluding carboxylic acids is 2. The minimum absolute atomic E-state index is 0.0135. The molecule has 1 aliphatic heterocycles. The van der Waals surface area contributed by atoms with E-state index in [4.69, 9.17) is 4.74 Å². The smallest absolute Gasteiger partial charge is 0.311 e. The van der Waals surface area contributed by atoms with Crippen LogP contribution in [-0.4, -0.2) is 41.2 Å². The Kier molecular flexibility index (Phi) is 6.59. The van der Waals surface area contributed by atoms with Gasteiger partial charge in [0.25, 0.3) is 5.91 Å². The van der Waals surface area contributed by atoms with E-state index >= 15 is 0 Å². The number of ether oxygens (including phenoxy) is 1. The molecule has 1 aliphatic rings. The lowest BCUT2D eigenvalue weighted by Crippen LogP contribution is -2.45. The molecule has 2 aromatic carbocycles. The van der Waals surface area contributed by atoms with E-state index < -0.39 is 11.0 Å². The monoisotopic (exact) mass is 396 g/mol. The van der Waals surface area contributed by atoms with E-state index in [1.807, 2.05) is 18.2 Å². The Morgan fingerprint density at radius 1 is 1.24 bits per heavy atom. The molecule has 29 heavy (non-hydrogen) atoms. The maximum atomic E-state index is 12.7. The second-order valence-corrected chi connectivity index (χ2v) is 7.32. The Bertz CT molecular complexity index is 876. The van der Waals surface area contributed by atoms with E-state index in [0.717, 1.165) is 25.3 Å². The maximum Gasteiger partial charge on any atom is 0.311 e. The largest absolute Gasteiger partial charge is 0.474 e. The van der Waals surface area contributed by atoms with Crippen LogP contribution in [0.3, 0.4) is 0 Å². The van der Waals surface area contributed by atoms with Crippen molar-refractivity contribution in [3.05, 3.63) is 69.8 Å². The molecule has 0 radical (unpaired) electrons. The molecule has 0 N–H and O–H groups in total. The van der Waals surface area contributed by atoms with Crippen LogP contribution in [0.2, 0.25) is 0 Å². The van der Waals surface area contributed by atoms with Crippen molar-refractivity contribution in [1.29, 1.82) is 0 Å². The number of carbonyl (C=O) groups is 2. The average molecular weight is 396 g/mol. The highest BCUT2D eigenvalue weighted by molar-refractivity contribution is 5.81. The Balaban J connectivity index is 1.57. The van der Waals surface area contributed by atoms with Gasteiger partial charge in [0, 0.05) is 24.7 Å². The van der Waals surface area contributed by atoms with Crippen LogP contribution < -0.4 is 4.74 Å². The van der Waals surface area contributed by atoms with Gasteiger partial charge in [-0.3, -0.25) is 19.7 Å². The first-order valence-electron chi connectivity index (χ1n) is 9.71. The zero-order valence-electron chi connectivity index (χ0n) is 16.3. The lowest BCUT2D eigenvalue weighted by atomic mass is 9.90. The molecule has 1 fully saturated rings. The summed E-state index contributed by atoms with van der Waals surface area (Å²) in [5.41, 5.74) is 1.17. The summed E-state index contributed by atoms with van der Waals surface area (Å²) in [4.78, 5) is 36.0. The van der Waals surface area contributed by atoms with Crippen LogP contribution in [0.4, 0.5) is 5.69 Å². The van der Waals surface area contributed by atoms with Crippen LogP contribution in [0, 0.1) is 16.0 Å². The molecule has 0 bridgehead atoms. The zero-order valence-corrected chi connectivity index (χ0v) is 16.3. The van der Waals surface area contributed by atoms with Crippen molar-refractivity contribution in [1.82, 2.24) is 4.90 Å². The molecule has 0 saturated carbocycles. The molecular weight excluding hydrogens is 372 g/mol. The van der Waals surface area contributed by atoms with Gasteiger partial charge in [-0.05, 0) is 49.8 Å². The summed E-state index contributed by atoms with van der Waals surface area (Å²) in [5, 5.41) is 11.2. The lowest BCUT2D eigenvalue weighted by molar-refractivity contribution is -0.386. The van der Waals surface area contributed by atoms with E-state index in [1.54, 1.807) is 11.8 Å². The van der Waals surface area contributed by atoms with Crippen LogP contribution in [0.1, 0.15) is 35.7 Å². The molecule has 7 heteroatoms. The molecular formula is C22H24N2O5. The van der Waals surface area contributed by atoms with Crippen LogP contribution >= 0.6 is 0 Å².